The second-order valence-corrected chi connectivity index (χ2v) is 8.16. The molecule has 1 aliphatic heterocycles. The highest BCUT2D eigenvalue weighted by Gasteiger charge is 2.45. The Morgan fingerprint density at radius 3 is 1.40 bits per heavy atom. The number of aliphatic hydroxyl groups is 2. The standard InChI is InChI=1S/C25H34N2O3/c1-3-15-26-21(17-19-11-7-5-8-12-19)23(28)24(29)22(27(16-4-2)25(26)30)18-20-13-9-6-10-14-20/h5-14,21-24,28-29H,3-4,15-18H2,1-2H3. The van der Waals surface area contributed by atoms with E-state index in [4.69, 9.17) is 0 Å². The zero-order valence-electron chi connectivity index (χ0n) is 18.0. The third kappa shape index (κ3) is 5.02. The number of benzene rings is 2. The molecule has 30 heavy (non-hydrogen) atoms. The van der Waals surface area contributed by atoms with Crippen molar-refractivity contribution in [3.8, 4) is 0 Å². The van der Waals surface area contributed by atoms with Crippen LogP contribution < -0.4 is 0 Å². The molecule has 0 spiro atoms. The third-order valence-electron chi connectivity index (χ3n) is 5.93. The van der Waals surface area contributed by atoms with Crippen LogP contribution in [-0.2, 0) is 12.8 Å². The number of hydrogen-bond donors (Lipinski definition) is 2. The zero-order valence-corrected chi connectivity index (χ0v) is 18.0. The number of urea groups is 1. The average Bonchev–Trinajstić information content (AvgIpc) is 2.83. The molecule has 5 nitrogen and oxygen atoms in total. The summed E-state index contributed by atoms with van der Waals surface area (Å²) in [7, 11) is 0. The van der Waals surface area contributed by atoms with Crippen LogP contribution in [-0.4, -0.2) is 63.4 Å². The van der Waals surface area contributed by atoms with Gasteiger partial charge in [-0.15, -0.1) is 0 Å². The SMILES string of the molecule is CCCN1C(=O)N(CCC)C(Cc2ccccc2)C(O)C(O)C1Cc1ccccc1. The van der Waals surface area contributed by atoms with Gasteiger partial charge in [0.25, 0.3) is 0 Å². The van der Waals surface area contributed by atoms with Gasteiger partial charge in [-0.05, 0) is 36.8 Å². The van der Waals surface area contributed by atoms with Gasteiger partial charge < -0.3 is 20.0 Å². The minimum Gasteiger partial charge on any atom is -0.388 e. The molecule has 0 aromatic heterocycles. The van der Waals surface area contributed by atoms with Crippen LogP contribution in [0.3, 0.4) is 0 Å². The van der Waals surface area contributed by atoms with E-state index in [1.54, 1.807) is 9.80 Å². The Morgan fingerprint density at radius 2 is 1.07 bits per heavy atom. The van der Waals surface area contributed by atoms with E-state index in [1.165, 1.54) is 0 Å². The van der Waals surface area contributed by atoms with Gasteiger partial charge in [0.15, 0.2) is 0 Å². The van der Waals surface area contributed by atoms with Gasteiger partial charge in [-0.25, -0.2) is 4.79 Å². The molecule has 2 N–H and O–H groups in total. The first kappa shape index (κ1) is 22.3. The second kappa shape index (κ2) is 10.6. The molecule has 1 aliphatic rings. The molecule has 3 rings (SSSR count). The van der Waals surface area contributed by atoms with Gasteiger partial charge in [-0.1, -0.05) is 74.5 Å². The van der Waals surface area contributed by atoms with E-state index in [2.05, 4.69) is 0 Å². The zero-order chi connectivity index (χ0) is 21.5. The Hall–Kier alpha value is -2.37. The molecule has 0 bridgehead atoms. The molecule has 0 aliphatic carbocycles. The first-order valence-corrected chi connectivity index (χ1v) is 11.1. The Balaban J connectivity index is 1.97. The van der Waals surface area contributed by atoms with Crippen LogP contribution in [0.4, 0.5) is 4.79 Å². The van der Waals surface area contributed by atoms with Gasteiger partial charge in [0.1, 0.15) is 12.2 Å². The minimum absolute atomic E-state index is 0.0869. The van der Waals surface area contributed by atoms with Crippen molar-refractivity contribution in [3.63, 3.8) is 0 Å². The second-order valence-electron chi connectivity index (χ2n) is 8.16. The molecule has 0 saturated carbocycles. The summed E-state index contributed by atoms with van der Waals surface area (Å²) in [6.45, 7) is 5.18. The molecule has 1 heterocycles. The van der Waals surface area contributed by atoms with Crippen molar-refractivity contribution in [1.82, 2.24) is 9.80 Å². The van der Waals surface area contributed by atoms with Gasteiger partial charge in [-0.2, -0.15) is 0 Å². The molecule has 0 radical (unpaired) electrons. The summed E-state index contributed by atoms with van der Waals surface area (Å²) >= 11 is 0. The Morgan fingerprint density at radius 1 is 0.700 bits per heavy atom. The lowest BCUT2D eigenvalue weighted by molar-refractivity contribution is -0.0394. The number of amides is 2. The topological polar surface area (TPSA) is 64.0 Å². The average molecular weight is 411 g/mol. The summed E-state index contributed by atoms with van der Waals surface area (Å²) in [6, 6.07) is 18.8. The van der Waals surface area contributed by atoms with Crippen LogP contribution in [0.15, 0.2) is 60.7 Å². The molecule has 5 heteroatoms. The van der Waals surface area contributed by atoms with E-state index in [0.717, 1.165) is 24.0 Å². The van der Waals surface area contributed by atoms with Crippen molar-refractivity contribution in [2.45, 2.75) is 63.8 Å². The Kier molecular flexibility index (Phi) is 7.88. The lowest BCUT2D eigenvalue weighted by Gasteiger charge is -2.35. The number of rotatable bonds is 8. The lowest BCUT2D eigenvalue weighted by atomic mass is 9.91. The van der Waals surface area contributed by atoms with Crippen molar-refractivity contribution in [3.05, 3.63) is 71.8 Å². The number of hydrogen-bond acceptors (Lipinski definition) is 3. The van der Waals surface area contributed by atoms with Gasteiger partial charge in [0, 0.05) is 13.1 Å². The van der Waals surface area contributed by atoms with Crippen LogP contribution >= 0.6 is 0 Å². The molecule has 4 unspecified atom stereocenters. The molecule has 2 amide bonds. The largest absolute Gasteiger partial charge is 0.388 e. The van der Waals surface area contributed by atoms with Crippen LogP contribution in [0.1, 0.15) is 37.8 Å². The maximum atomic E-state index is 13.6. The molecule has 1 fully saturated rings. The predicted octanol–water partition coefficient (Wildman–Crippen LogP) is 3.49. The summed E-state index contributed by atoms with van der Waals surface area (Å²) in [5.74, 6) is 0. The monoisotopic (exact) mass is 410 g/mol. The smallest absolute Gasteiger partial charge is 0.320 e. The number of carbonyl (C=O) groups is 1. The van der Waals surface area contributed by atoms with E-state index in [0.29, 0.717) is 25.9 Å². The summed E-state index contributed by atoms with van der Waals surface area (Å²) in [6.07, 6.45) is 0.588. The fourth-order valence-corrected chi connectivity index (χ4v) is 4.45. The van der Waals surface area contributed by atoms with Crippen LogP contribution in [0.25, 0.3) is 0 Å². The van der Waals surface area contributed by atoms with Crippen LogP contribution in [0.5, 0.6) is 0 Å². The van der Waals surface area contributed by atoms with Crippen molar-refractivity contribution in [2.75, 3.05) is 13.1 Å². The van der Waals surface area contributed by atoms with Crippen LogP contribution in [0.2, 0.25) is 0 Å². The highest BCUT2D eigenvalue weighted by molar-refractivity contribution is 5.76. The minimum atomic E-state index is -1.02. The molecular weight excluding hydrogens is 376 g/mol. The van der Waals surface area contributed by atoms with E-state index >= 15 is 0 Å². The van der Waals surface area contributed by atoms with Gasteiger partial charge in [-0.3, -0.25) is 0 Å². The molecule has 4 atom stereocenters. The summed E-state index contributed by atoms with van der Waals surface area (Å²) < 4.78 is 0. The maximum absolute atomic E-state index is 13.6. The van der Waals surface area contributed by atoms with Crippen molar-refractivity contribution in [2.24, 2.45) is 0 Å². The third-order valence-corrected chi connectivity index (χ3v) is 5.93. The summed E-state index contributed by atoms with van der Waals surface area (Å²) in [5.41, 5.74) is 2.09. The molecule has 1 saturated heterocycles. The molecule has 2 aromatic carbocycles. The van der Waals surface area contributed by atoms with Crippen LogP contribution in [0, 0.1) is 0 Å². The van der Waals surface area contributed by atoms with E-state index < -0.39 is 24.3 Å². The fraction of sp³-hybridized carbons (Fsp3) is 0.480. The van der Waals surface area contributed by atoms with Gasteiger partial charge >= 0.3 is 6.03 Å². The highest BCUT2D eigenvalue weighted by Crippen LogP contribution is 2.27. The normalized spacial score (nSPS) is 24.7. The van der Waals surface area contributed by atoms with Crippen molar-refractivity contribution < 1.29 is 15.0 Å². The first-order valence-electron chi connectivity index (χ1n) is 11.1. The maximum Gasteiger partial charge on any atom is 0.320 e. The Labute approximate surface area is 179 Å². The predicted molar refractivity (Wildman–Crippen MR) is 119 cm³/mol. The molecular formula is C25H34N2O3. The summed E-state index contributed by atoms with van der Waals surface area (Å²) in [5, 5.41) is 22.5. The quantitative estimate of drug-likeness (QED) is 0.700. The van der Waals surface area contributed by atoms with Crippen molar-refractivity contribution >= 4 is 6.03 Å². The number of carbonyl (C=O) groups excluding carboxylic acids is 1. The van der Waals surface area contributed by atoms with Gasteiger partial charge in [0.2, 0.25) is 0 Å². The number of nitrogens with zero attached hydrogens (tertiary/aromatic N) is 2. The lowest BCUT2D eigenvalue weighted by Crippen LogP contribution is -2.51. The van der Waals surface area contributed by atoms with E-state index in [1.807, 2.05) is 74.5 Å². The highest BCUT2D eigenvalue weighted by atomic mass is 16.3. The molecule has 162 valence electrons. The fourth-order valence-electron chi connectivity index (χ4n) is 4.45. The van der Waals surface area contributed by atoms with Gasteiger partial charge in [0.05, 0.1) is 12.1 Å². The summed E-state index contributed by atoms with van der Waals surface area (Å²) in [4.78, 5) is 17.2. The van der Waals surface area contributed by atoms with Crippen molar-refractivity contribution in [1.29, 1.82) is 0 Å². The number of aliphatic hydroxyl groups excluding tert-OH is 2. The molecule has 2 aromatic rings. The van der Waals surface area contributed by atoms with E-state index in [9.17, 15) is 15.0 Å². The first-order chi connectivity index (χ1) is 14.6. The Bertz CT molecular complexity index is 718. The van der Waals surface area contributed by atoms with E-state index in [-0.39, 0.29) is 6.03 Å².